The summed E-state index contributed by atoms with van der Waals surface area (Å²) in [6, 6.07) is 12.2. The van der Waals surface area contributed by atoms with Crippen LogP contribution in [0.1, 0.15) is 18.5 Å². The van der Waals surface area contributed by atoms with Crippen LogP contribution in [0.4, 0.5) is 0 Å². The Morgan fingerprint density at radius 1 is 1.30 bits per heavy atom. The number of para-hydroxylation sites is 1. The van der Waals surface area contributed by atoms with E-state index in [1.165, 1.54) is 0 Å². The first-order valence-corrected chi connectivity index (χ1v) is 7.02. The minimum atomic E-state index is -0.679. The molecule has 0 aliphatic carbocycles. The molecule has 2 heterocycles. The number of piperidine rings is 1. The Morgan fingerprint density at radius 2 is 2.15 bits per heavy atom. The molecule has 1 aromatic carbocycles. The van der Waals surface area contributed by atoms with Crippen LogP contribution in [-0.2, 0) is 11.3 Å². The molecular weight excluding hydrogens is 252 g/mol. The van der Waals surface area contributed by atoms with Crippen LogP contribution in [0.15, 0.2) is 36.4 Å². The summed E-state index contributed by atoms with van der Waals surface area (Å²) >= 11 is 0. The van der Waals surface area contributed by atoms with Crippen molar-refractivity contribution in [2.24, 2.45) is 5.92 Å². The molecule has 0 saturated carbocycles. The average molecular weight is 270 g/mol. The van der Waals surface area contributed by atoms with Crippen molar-refractivity contribution in [2.45, 2.75) is 19.4 Å². The van der Waals surface area contributed by atoms with Crippen molar-refractivity contribution in [3.63, 3.8) is 0 Å². The highest BCUT2D eigenvalue weighted by Crippen LogP contribution is 2.19. The highest BCUT2D eigenvalue weighted by atomic mass is 16.4. The number of carbonyl (C=O) groups is 1. The normalized spacial score (nSPS) is 20.1. The predicted molar refractivity (Wildman–Crippen MR) is 77.4 cm³/mol. The second-order valence-corrected chi connectivity index (χ2v) is 5.41. The highest BCUT2D eigenvalue weighted by Gasteiger charge is 2.25. The molecule has 0 amide bonds. The van der Waals surface area contributed by atoms with Gasteiger partial charge in [0.25, 0.3) is 0 Å². The Morgan fingerprint density at radius 3 is 3.00 bits per heavy atom. The molecule has 1 unspecified atom stereocenters. The highest BCUT2D eigenvalue weighted by molar-refractivity contribution is 5.78. The van der Waals surface area contributed by atoms with Gasteiger partial charge in [0.1, 0.15) is 0 Å². The number of pyridine rings is 1. The zero-order valence-electron chi connectivity index (χ0n) is 11.3. The van der Waals surface area contributed by atoms with Crippen LogP contribution in [0, 0.1) is 5.92 Å². The zero-order valence-corrected chi connectivity index (χ0v) is 11.3. The molecule has 1 aliphatic rings. The summed E-state index contributed by atoms with van der Waals surface area (Å²) in [6.45, 7) is 2.32. The largest absolute Gasteiger partial charge is 0.481 e. The Bertz CT molecular complexity index is 627. The third kappa shape index (κ3) is 2.80. The predicted octanol–water partition coefficient (Wildman–Crippen LogP) is 2.53. The van der Waals surface area contributed by atoms with Crippen LogP contribution in [0.3, 0.4) is 0 Å². The van der Waals surface area contributed by atoms with Gasteiger partial charge in [0, 0.05) is 18.5 Å². The van der Waals surface area contributed by atoms with E-state index in [1.807, 2.05) is 30.3 Å². The number of fused-ring (bicyclic) bond motifs is 1. The van der Waals surface area contributed by atoms with Gasteiger partial charge in [-0.15, -0.1) is 0 Å². The number of carboxylic acids is 1. The summed E-state index contributed by atoms with van der Waals surface area (Å²) in [5.41, 5.74) is 2.01. The number of carboxylic acid groups (broad SMARTS) is 1. The summed E-state index contributed by atoms with van der Waals surface area (Å²) in [5, 5.41) is 10.3. The molecule has 0 bridgehead atoms. The number of hydrogen-bond donors (Lipinski definition) is 1. The minimum Gasteiger partial charge on any atom is -0.481 e. The van der Waals surface area contributed by atoms with E-state index in [0.29, 0.717) is 6.54 Å². The Labute approximate surface area is 118 Å². The first-order valence-electron chi connectivity index (χ1n) is 7.02. The molecular formula is C16H18N2O2. The van der Waals surface area contributed by atoms with Gasteiger partial charge >= 0.3 is 5.97 Å². The number of nitrogens with zero attached hydrogens (tertiary/aromatic N) is 2. The number of aromatic nitrogens is 1. The Balaban J connectivity index is 1.74. The lowest BCUT2D eigenvalue weighted by molar-refractivity contribution is -0.143. The minimum absolute atomic E-state index is 0.232. The van der Waals surface area contributed by atoms with E-state index >= 15 is 0 Å². The molecule has 1 fully saturated rings. The number of benzene rings is 1. The number of rotatable bonds is 3. The van der Waals surface area contributed by atoms with Gasteiger partial charge < -0.3 is 5.11 Å². The average Bonchev–Trinajstić information content (AvgIpc) is 2.47. The maximum atomic E-state index is 11.1. The molecule has 104 valence electrons. The molecule has 1 aliphatic heterocycles. The molecule has 1 aromatic heterocycles. The van der Waals surface area contributed by atoms with Gasteiger partial charge in [0.2, 0.25) is 0 Å². The van der Waals surface area contributed by atoms with Crippen molar-refractivity contribution in [1.82, 2.24) is 9.88 Å². The van der Waals surface area contributed by atoms with E-state index < -0.39 is 5.97 Å². The molecule has 3 rings (SSSR count). The number of hydrogen-bond acceptors (Lipinski definition) is 3. The topological polar surface area (TPSA) is 53.4 Å². The molecule has 4 heteroatoms. The summed E-state index contributed by atoms with van der Waals surface area (Å²) in [5.74, 6) is -0.912. The molecule has 2 aromatic rings. The maximum absolute atomic E-state index is 11.1. The Kier molecular flexibility index (Phi) is 3.65. The van der Waals surface area contributed by atoms with Gasteiger partial charge in [-0.1, -0.05) is 24.3 Å². The molecule has 4 nitrogen and oxygen atoms in total. The lowest BCUT2D eigenvalue weighted by Gasteiger charge is -2.30. The van der Waals surface area contributed by atoms with E-state index in [0.717, 1.165) is 42.5 Å². The third-order valence-electron chi connectivity index (χ3n) is 3.90. The van der Waals surface area contributed by atoms with Crippen LogP contribution in [0.2, 0.25) is 0 Å². The molecule has 0 spiro atoms. The van der Waals surface area contributed by atoms with Gasteiger partial charge in [-0.25, -0.2) is 0 Å². The molecule has 1 N–H and O–H groups in total. The fraction of sp³-hybridized carbons (Fsp3) is 0.375. The number of likely N-dealkylation sites (tertiary alicyclic amines) is 1. The van der Waals surface area contributed by atoms with Crippen molar-refractivity contribution >= 4 is 16.9 Å². The van der Waals surface area contributed by atoms with Crippen molar-refractivity contribution in [3.05, 3.63) is 42.1 Å². The Hall–Kier alpha value is -1.94. The van der Waals surface area contributed by atoms with Gasteiger partial charge in [-0.05, 0) is 31.5 Å². The van der Waals surface area contributed by atoms with Crippen molar-refractivity contribution in [3.8, 4) is 0 Å². The molecule has 0 radical (unpaired) electrons. The van der Waals surface area contributed by atoms with E-state index in [4.69, 9.17) is 5.11 Å². The maximum Gasteiger partial charge on any atom is 0.307 e. The van der Waals surface area contributed by atoms with Crippen molar-refractivity contribution < 1.29 is 9.90 Å². The van der Waals surface area contributed by atoms with Gasteiger partial charge in [0.15, 0.2) is 0 Å². The fourth-order valence-corrected chi connectivity index (χ4v) is 2.83. The zero-order chi connectivity index (χ0) is 13.9. The monoisotopic (exact) mass is 270 g/mol. The second kappa shape index (κ2) is 5.59. The summed E-state index contributed by atoms with van der Waals surface area (Å²) in [7, 11) is 0. The van der Waals surface area contributed by atoms with Crippen LogP contribution >= 0.6 is 0 Å². The van der Waals surface area contributed by atoms with Crippen molar-refractivity contribution in [1.29, 1.82) is 0 Å². The smallest absolute Gasteiger partial charge is 0.307 e. The first-order chi connectivity index (χ1) is 9.72. The standard InChI is InChI=1S/C16H18N2O2/c19-16(20)13-5-3-9-18(10-13)11-14-8-7-12-4-1-2-6-15(12)17-14/h1-2,4,6-8,13H,3,5,9-11H2,(H,19,20). The van der Waals surface area contributed by atoms with Crippen LogP contribution < -0.4 is 0 Å². The van der Waals surface area contributed by atoms with E-state index in [2.05, 4.69) is 16.0 Å². The third-order valence-corrected chi connectivity index (χ3v) is 3.90. The van der Waals surface area contributed by atoms with Gasteiger partial charge in [-0.2, -0.15) is 0 Å². The first kappa shape index (κ1) is 13.1. The SMILES string of the molecule is O=C(O)C1CCCN(Cc2ccc3ccccc3n2)C1. The van der Waals surface area contributed by atoms with E-state index in [1.54, 1.807) is 0 Å². The van der Waals surface area contributed by atoms with Gasteiger partial charge in [0.05, 0.1) is 17.1 Å². The lowest BCUT2D eigenvalue weighted by atomic mass is 9.98. The molecule has 1 saturated heterocycles. The van der Waals surface area contributed by atoms with E-state index in [-0.39, 0.29) is 5.92 Å². The number of aliphatic carboxylic acids is 1. The van der Waals surface area contributed by atoms with Crippen LogP contribution in [0.5, 0.6) is 0 Å². The van der Waals surface area contributed by atoms with Crippen LogP contribution in [0.25, 0.3) is 10.9 Å². The summed E-state index contributed by atoms with van der Waals surface area (Å²) in [6.07, 6.45) is 1.74. The lowest BCUT2D eigenvalue weighted by Crippen LogP contribution is -2.38. The van der Waals surface area contributed by atoms with E-state index in [9.17, 15) is 4.79 Å². The van der Waals surface area contributed by atoms with Gasteiger partial charge in [-0.3, -0.25) is 14.7 Å². The second-order valence-electron chi connectivity index (χ2n) is 5.41. The molecule has 1 atom stereocenters. The fourth-order valence-electron chi connectivity index (χ4n) is 2.83. The summed E-state index contributed by atoms with van der Waals surface area (Å²) in [4.78, 5) is 17.9. The summed E-state index contributed by atoms with van der Waals surface area (Å²) < 4.78 is 0. The molecule has 20 heavy (non-hydrogen) atoms. The quantitative estimate of drug-likeness (QED) is 0.931. The van der Waals surface area contributed by atoms with Crippen molar-refractivity contribution in [2.75, 3.05) is 13.1 Å². The van der Waals surface area contributed by atoms with Crippen LogP contribution in [-0.4, -0.2) is 34.0 Å².